The van der Waals surface area contributed by atoms with Crippen molar-refractivity contribution >= 4 is 0 Å². The summed E-state index contributed by atoms with van der Waals surface area (Å²) in [7, 11) is 0. The molecule has 0 saturated heterocycles. The van der Waals surface area contributed by atoms with E-state index in [1.165, 1.54) is 30.4 Å². The predicted molar refractivity (Wildman–Crippen MR) is 86.4 cm³/mol. The molecular weight excluding hydrogens is 258 g/mol. The molecular formula is C18H25N3. The second-order valence-corrected chi connectivity index (χ2v) is 6.03. The molecule has 21 heavy (non-hydrogen) atoms. The number of aryl methyl sites for hydroxylation is 2. The van der Waals surface area contributed by atoms with E-state index in [9.17, 15) is 0 Å². The molecule has 1 heterocycles. The van der Waals surface area contributed by atoms with E-state index in [4.69, 9.17) is 0 Å². The highest BCUT2D eigenvalue weighted by molar-refractivity contribution is 5.32. The summed E-state index contributed by atoms with van der Waals surface area (Å²) in [4.78, 5) is 0. The van der Waals surface area contributed by atoms with Crippen molar-refractivity contribution in [3.8, 4) is 0 Å². The maximum Gasteiger partial charge on any atom is 0.0714 e. The molecule has 1 N–H and O–H groups in total. The van der Waals surface area contributed by atoms with Gasteiger partial charge in [-0.3, -0.25) is 4.68 Å². The molecule has 2 aromatic rings. The average Bonchev–Trinajstić information content (AvgIpc) is 2.84. The fourth-order valence-electron chi connectivity index (χ4n) is 3.39. The number of nitrogens with one attached hydrogen (secondary N) is 1. The molecule has 0 spiro atoms. The predicted octanol–water partition coefficient (Wildman–Crippen LogP) is 3.81. The fourth-order valence-corrected chi connectivity index (χ4v) is 3.39. The normalized spacial score (nSPS) is 21.8. The second-order valence-electron chi connectivity index (χ2n) is 6.03. The molecule has 2 unspecified atom stereocenters. The number of aromatic nitrogens is 2. The van der Waals surface area contributed by atoms with Crippen molar-refractivity contribution in [1.29, 1.82) is 0 Å². The Labute approximate surface area is 127 Å². The van der Waals surface area contributed by atoms with Crippen molar-refractivity contribution in [2.75, 3.05) is 6.54 Å². The smallest absolute Gasteiger partial charge is 0.0714 e. The van der Waals surface area contributed by atoms with Crippen LogP contribution in [0.4, 0.5) is 0 Å². The van der Waals surface area contributed by atoms with E-state index in [0.717, 1.165) is 18.7 Å². The van der Waals surface area contributed by atoms with E-state index in [2.05, 4.69) is 65.5 Å². The lowest BCUT2D eigenvalue weighted by Crippen LogP contribution is -2.31. The van der Waals surface area contributed by atoms with Gasteiger partial charge in [-0.05, 0) is 56.3 Å². The van der Waals surface area contributed by atoms with Gasteiger partial charge in [0.25, 0.3) is 0 Å². The number of benzene rings is 1. The summed E-state index contributed by atoms with van der Waals surface area (Å²) in [6, 6.07) is 11.8. The topological polar surface area (TPSA) is 29.9 Å². The van der Waals surface area contributed by atoms with Crippen molar-refractivity contribution in [2.45, 2.75) is 51.6 Å². The van der Waals surface area contributed by atoms with Gasteiger partial charge in [-0.15, -0.1) is 0 Å². The maximum absolute atomic E-state index is 4.68. The monoisotopic (exact) mass is 283 g/mol. The Morgan fingerprint density at radius 2 is 2.14 bits per heavy atom. The van der Waals surface area contributed by atoms with E-state index < -0.39 is 0 Å². The van der Waals surface area contributed by atoms with Gasteiger partial charge in [0, 0.05) is 6.20 Å². The van der Waals surface area contributed by atoms with Crippen LogP contribution in [0, 0.1) is 6.92 Å². The maximum atomic E-state index is 4.68. The Balaban J connectivity index is 1.98. The van der Waals surface area contributed by atoms with Gasteiger partial charge < -0.3 is 5.32 Å². The second kappa shape index (κ2) is 6.44. The summed E-state index contributed by atoms with van der Waals surface area (Å²) in [6.45, 7) is 5.34. The first-order valence-electron chi connectivity index (χ1n) is 8.12. The third-order valence-electron chi connectivity index (χ3n) is 4.42. The van der Waals surface area contributed by atoms with Gasteiger partial charge in [0.2, 0.25) is 0 Å². The lowest BCUT2D eigenvalue weighted by Gasteiger charge is -2.28. The molecule has 0 fully saturated rings. The molecule has 0 aliphatic heterocycles. The Morgan fingerprint density at radius 1 is 1.29 bits per heavy atom. The Hall–Kier alpha value is -1.61. The van der Waals surface area contributed by atoms with Crippen LogP contribution in [0.15, 0.2) is 36.5 Å². The van der Waals surface area contributed by atoms with Crippen molar-refractivity contribution in [3.63, 3.8) is 0 Å². The summed E-state index contributed by atoms with van der Waals surface area (Å²) >= 11 is 0. The highest BCUT2D eigenvalue weighted by Gasteiger charge is 2.28. The zero-order chi connectivity index (χ0) is 14.7. The van der Waals surface area contributed by atoms with Crippen LogP contribution in [0.2, 0.25) is 0 Å². The zero-order valence-electron chi connectivity index (χ0n) is 13.0. The van der Waals surface area contributed by atoms with E-state index >= 15 is 0 Å². The summed E-state index contributed by atoms with van der Waals surface area (Å²) in [5.41, 5.74) is 4.06. The minimum Gasteiger partial charge on any atom is -0.308 e. The molecule has 0 radical (unpaired) electrons. The average molecular weight is 283 g/mol. The molecule has 3 rings (SSSR count). The van der Waals surface area contributed by atoms with Crippen molar-refractivity contribution < 1.29 is 0 Å². The van der Waals surface area contributed by atoms with Crippen molar-refractivity contribution in [2.24, 2.45) is 0 Å². The quantitative estimate of drug-likeness (QED) is 0.865. The van der Waals surface area contributed by atoms with Gasteiger partial charge in [0.05, 0.1) is 17.8 Å². The largest absolute Gasteiger partial charge is 0.308 e. The van der Waals surface area contributed by atoms with Crippen LogP contribution < -0.4 is 5.32 Å². The SMILES string of the molecule is CCCNC1c2ccccc2CCCC1n1ccc(C)n1. The Bertz CT molecular complexity index is 588. The molecule has 0 saturated carbocycles. The summed E-state index contributed by atoms with van der Waals surface area (Å²) in [5.74, 6) is 0. The van der Waals surface area contributed by atoms with Crippen LogP contribution in [0.5, 0.6) is 0 Å². The molecule has 0 amide bonds. The highest BCUT2D eigenvalue weighted by Crippen LogP contribution is 2.36. The molecule has 3 heteroatoms. The number of nitrogens with zero attached hydrogens (tertiary/aromatic N) is 2. The lowest BCUT2D eigenvalue weighted by atomic mass is 9.96. The molecule has 1 aromatic carbocycles. The Morgan fingerprint density at radius 3 is 2.90 bits per heavy atom. The number of hydrogen-bond acceptors (Lipinski definition) is 2. The van der Waals surface area contributed by atoms with Crippen molar-refractivity contribution in [1.82, 2.24) is 15.1 Å². The van der Waals surface area contributed by atoms with Gasteiger partial charge in [0.15, 0.2) is 0 Å². The Kier molecular flexibility index (Phi) is 4.39. The minimum atomic E-state index is 0.364. The molecule has 2 atom stereocenters. The first-order valence-corrected chi connectivity index (χ1v) is 8.12. The molecule has 1 aliphatic carbocycles. The van der Waals surface area contributed by atoms with E-state index in [1.54, 1.807) is 0 Å². The first-order chi connectivity index (χ1) is 10.3. The van der Waals surface area contributed by atoms with E-state index in [0.29, 0.717) is 12.1 Å². The highest BCUT2D eigenvalue weighted by atomic mass is 15.3. The summed E-state index contributed by atoms with van der Waals surface area (Å²) in [5, 5.41) is 8.45. The van der Waals surface area contributed by atoms with Gasteiger partial charge in [-0.2, -0.15) is 5.10 Å². The van der Waals surface area contributed by atoms with Gasteiger partial charge >= 0.3 is 0 Å². The third kappa shape index (κ3) is 3.03. The molecule has 112 valence electrons. The number of rotatable bonds is 4. The van der Waals surface area contributed by atoms with Gasteiger partial charge in [0.1, 0.15) is 0 Å². The third-order valence-corrected chi connectivity index (χ3v) is 4.42. The summed E-state index contributed by atoms with van der Waals surface area (Å²) in [6.07, 6.45) is 6.87. The zero-order valence-corrected chi connectivity index (χ0v) is 13.0. The minimum absolute atomic E-state index is 0.364. The van der Waals surface area contributed by atoms with Crippen LogP contribution in [0.25, 0.3) is 0 Å². The van der Waals surface area contributed by atoms with Crippen LogP contribution in [0.3, 0.4) is 0 Å². The molecule has 1 aliphatic rings. The van der Waals surface area contributed by atoms with Crippen LogP contribution in [-0.2, 0) is 6.42 Å². The summed E-state index contributed by atoms with van der Waals surface area (Å²) < 4.78 is 2.17. The lowest BCUT2D eigenvalue weighted by molar-refractivity contribution is 0.315. The van der Waals surface area contributed by atoms with Crippen LogP contribution >= 0.6 is 0 Å². The molecule has 1 aromatic heterocycles. The van der Waals surface area contributed by atoms with Crippen LogP contribution in [0.1, 0.15) is 55.1 Å². The van der Waals surface area contributed by atoms with E-state index in [-0.39, 0.29) is 0 Å². The standard InChI is InChI=1S/C18H25N3/c1-3-12-19-18-16-9-5-4-7-15(16)8-6-10-17(18)21-13-11-14(2)20-21/h4-5,7,9,11,13,17-19H,3,6,8,10,12H2,1-2H3. The fraction of sp³-hybridized carbons (Fsp3) is 0.500. The first kappa shape index (κ1) is 14.3. The molecule has 3 nitrogen and oxygen atoms in total. The van der Waals surface area contributed by atoms with Gasteiger partial charge in [-0.25, -0.2) is 0 Å². The van der Waals surface area contributed by atoms with E-state index in [1.807, 2.05) is 0 Å². The molecule has 0 bridgehead atoms. The van der Waals surface area contributed by atoms with Crippen LogP contribution in [-0.4, -0.2) is 16.3 Å². The van der Waals surface area contributed by atoms with Gasteiger partial charge in [-0.1, -0.05) is 31.2 Å². The number of hydrogen-bond donors (Lipinski definition) is 1. The van der Waals surface area contributed by atoms with Crippen molar-refractivity contribution in [3.05, 3.63) is 53.3 Å². The number of fused-ring (bicyclic) bond motifs is 1.